The lowest BCUT2D eigenvalue weighted by Crippen LogP contribution is -2.13. The Bertz CT molecular complexity index is 380. The summed E-state index contributed by atoms with van der Waals surface area (Å²) in [5, 5.41) is 1.27. The van der Waals surface area contributed by atoms with Crippen molar-refractivity contribution in [3.8, 4) is 0 Å². The zero-order chi connectivity index (χ0) is 11.8. The summed E-state index contributed by atoms with van der Waals surface area (Å²) < 4.78 is 0.930. The van der Waals surface area contributed by atoms with Crippen LogP contribution in [0.3, 0.4) is 0 Å². The Kier molecular flexibility index (Phi) is 4.39. The van der Waals surface area contributed by atoms with Crippen LogP contribution >= 0.6 is 50.7 Å². The molecule has 1 aromatic carbocycles. The minimum Gasteiger partial charge on any atom is -0.121 e. The summed E-state index contributed by atoms with van der Waals surface area (Å²) >= 11 is 21.7. The van der Waals surface area contributed by atoms with Crippen molar-refractivity contribution >= 4 is 50.7 Å². The number of hydrogen-bond acceptors (Lipinski definition) is 0. The summed E-state index contributed by atoms with van der Waals surface area (Å²) in [7, 11) is 0. The van der Waals surface area contributed by atoms with Crippen LogP contribution in [0.15, 0.2) is 10.5 Å². The predicted molar refractivity (Wildman–Crippen MR) is 72.4 cm³/mol. The van der Waals surface area contributed by atoms with E-state index < -0.39 is 0 Å². The predicted octanol–water partition coefficient (Wildman–Crippen LogP) is 5.79. The van der Waals surface area contributed by atoms with Crippen LogP contribution in [0.25, 0.3) is 0 Å². The third-order valence-corrected chi connectivity index (χ3v) is 3.80. The molecule has 15 heavy (non-hydrogen) atoms. The molecule has 0 fully saturated rings. The smallest absolute Gasteiger partial charge is 0.0513 e. The lowest BCUT2D eigenvalue weighted by Gasteiger charge is -2.24. The molecule has 0 saturated carbocycles. The third kappa shape index (κ3) is 2.82. The van der Waals surface area contributed by atoms with E-state index in [0.717, 1.165) is 15.6 Å². The van der Waals surface area contributed by atoms with E-state index in [1.54, 1.807) is 0 Å². The van der Waals surface area contributed by atoms with Crippen LogP contribution in [0, 0.1) is 0 Å². The second-order valence-electron chi connectivity index (χ2n) is 4.39. The summed E-state index contributed by atoms with van der Waals surface area (Å²) in [6.07, 6.45) is 0. The molecule has 0 aliphatic carbocycles. The molecular formula is C11H12BrCl3. The van der Waals surface area contributed by atoms with Gasteiger partial charge in [-0.1, -0.05) is 59.9 Å². The maximum Gasteiger partial charge on any atom is 0.0513 e. The molecule has 4 heteroatoms. The van der Waals surface area contributed by atoms with Gasteiger partial charge < -0.3 is 0 Å². The van der Waals surface area contributed by atoms with Crippen molar-refractivity contribution in [1.82, 2.24) is 0 Å². The molecule has 1 rings (SSSR count). The quantitative estimate of drug-likeness (QED) is 0.572. The first-order valence-corrected chi connectivity index (χ1v) is 6.60. The maximum atomic E-state index is 6.31. The minimum absolute atomic E-state index is 0.0404. The van der Waals surface area contributed by atoms with Crippen molar-refractivity contribution in [2.45, 2.75) is 32.1 Å². The Hall–Kier alpha value is 0.570. The van der Waals surface area contributed by atoms with Crippen LogP contribution in [-0.4, -0.2) is 0 Å². The Morgan fingerprint density at radius 1 is 1.27 bits per heavy atom. The first-order chi connectivity index (χ1) is 6.79. The van der Waals surface area contributed by atoms with Crippen LogP contribution in [0.2, 0.25) is 10.0 Å². The van der Waals surface area contributed by atoms with Crippen molar-refractivity contribution in [2.24, 2.45) is 0 Å². The van der Waals surface area contributed by atoms with Gasteiger partial charge in [0.2, 0.25) is 0 Å². The molecule has 84 valence electrons. The van der Waals surface area contributed by atoms with Crippen molar-refractivity contribution in [3.63, 3.8) is 0 Å². The van der Waals surface area contributed by atoms with Gasteiger partial charge in [-0.25, -0.2) is 0 Å². The van der Waals surface area contributed by atoms with Crippen molar-refractivity contribution in [3.05, 3.63) is 31.7 Å². The molecule has 0 aromatic heterocycles. The fourth-order valence-electron chi connectivity index (χ4n) is 1.44. The standard InChI is InChI=1S/C11H12BrCl3/c1-11(2,3)9-7(12)4-8(14)6(5-13)10(9)15/h4H,5H2,1-3H3. The van der Waals surface area contributed by atoms with Gasteiger partial charge in [-0.15, -0.1) is 11.6 Å². The Balaban J connectivity index is 3.53. The van der Waals surface area contributed by atoms with Crippen LogP contribution in [0.1, 0.15) is 31.9 Å². The average molecular weight is 330 g/mol. The third-order valence-electron chi connectivity index (χ3n) is 2.15. The number of hydrogen-bond donors (Lipinski definition) is 0. The van der Waals surface area contributed by atoms with Gasteiger partial charge in [-0.05, 0) is 17.0 Å². The van der Waals surface area contributed by atoms with Crippen molar-refractivity contribution < 1.29 is 0 Å². The number of benzene rings is 1. The number of alkyl halides is 1. The molecule has 0 nitrogen and oxygen atoms in total. The average Bonchev–Trinajstić information content (AvgIpc) is 2.00. The molecule has 0 atom stereocenters. The zero-order valence-corrected chi connectivity index (χ0v) is 12.7. The minimum atomic E-state index is -0.0404. The van der Waals surface area contributed by atoms with Gasteiger partial charge in [0.25, 0.3) is 0 Å². The summed E-state index contributed by atoms with van der Waals surface area (Å²) in [6.45, 7) is 6.31. The number of rotatable bonds is 1. The lowest BCUT2D eigenvalue weighted by atomic mass is 9.86. The summed E-state index contributed by atoms with van der Waals surface area (Å²) in [6, 6.07) is 1.85. The van der Waals surface area contributed by atoms with Gasteiger partial charge in [0, 0.05) is 15.1 Å². The van der Waals surface area contributed by atoms with E-state index in [1.165, 1.54) is 0 Å². The molecule has 0 spiro atoms. The molecule has 0 amide bonds. The highest BCUT2D eigenvalue weighted by molar-refractivity contribution is 9.10. The lowest BCUT2D eigenvalue weighted by molar-refractivity contribution is 0.587. The highest BCUT2D eigenvalue weighted by atomic mass is 79.9. The van der Waals surface area contributed by atoms with E-state index in [9.17, 15) is 0 Å². The normalized spacial score (nSPS) is 11.9. The van der Waals surface area contributed by atoms with Crippen molar-refractivity contribution in [1.29, 1.82) is 0 Å². The van der Waals surface area contributed by atoms with Crippen LogP contribution in [-0.2, 0) is 11.3 Å². The van der Waals surface area contributed by atoms with Crippen LogP contribution in [0.5, 0.6) is 0 Å². The summed E-state index contributed by atoms with van der Waals surface area (Å²) in [5.41, 5.74) is 1.80. The highest BCUT2D eigenvalue weighted by Crippen LogP contribution is 2.41. The Morgan fingerprint density at radius 3 is 2.20 bits per heavy atom. The molecule has 0 N–H and O–H groups in total. The van der Waals surface area contributed by atoms with Crippen LogP contribution in [0.4, 0.5) is 0 Å². The van der Waals surface area contributed by atoms with E-state index in [0.29, 0.717) is 15.9 Å². The molecule has 0 radical (unpaired) electrons. The fraction of sp³-hybridized carbons (Fsp3) is 0.455. The Morgan fingerprint density at radius 2 is 1.80 bits per heavy atom. The van der Waals surface area contributed by atoms with Crippen LogP contribution < -0.4 is 0 Å². The van der Waals surface area contributed by atoms with Gasteiger partial charge >= 0.3 is 0 Å². The van der Waals surface area contributed by atoms with E-state index in [1.807, 2.05) is 6.07 Å². The first-order valence-electron chi connectivity index (χ1n) is 4.52. The van der Waals surface area contributed by atoms with Crippen molar-refractivity contribution in [2.75, 3.05) is 0 Å². The molecule has 0 aliphatic rings. The fourth-order valence-corrected chi connectivity index (χ4v) is 4.00. The van der Waals surface area contributed by atoms with E-state index in [-0.39, 0.29) is 5.41 Å². The molecule has 0 heterocycles. The zero-order valence-electron chi connectivity index (χ0n) is 8.80. The molecule has 0 saturated heterocycles. The molecular weight excluding hydrogens is 318 g/mol. The molecule has 0 bridgehead atoms. The molecule has 0 unspecified atom stereocenters. The highest BCUT2D eigenvalue weighted by Gasteiger charge is 2.23. The van der Waals surface area contributed by atoms with E-state index >= 15 is 0 Å². The summed E-state index contributed by atoms with van der Waals surface area (Å²) in [5.74, 6) is 0.327. The van der Waals surface area contributed by atoms with Gasteiger partial charge in [-0.2, -0.15) is 0 Å². The number of halogens is 4. The maximum absolute atomic E-state index is 6.31. The second kappa shape index (κ2) is 4.83. The van der Waals surface area contributed by atoms with E-state index in [2.05, 4.69) is 36.7 Å². The van der Waals surface area contributed by atoms with Gasteiger partial charge in [0.1, 0.15) is 0 Å². The second-order valence-corrected chi connectivity index (χ2v) is 6.30. The van der Waals surface area contributed by atoms with Gasteiger partial charge in [0.15, 0.2) is 0 Å². The summed E-state index contributed by atoms with van der Waals surface area (Å²) in [4.78, 5) is 0. The monoisotopic (exact) mass is 328 g/mol. The Labute approximate surface area is 114 Å². The van der Waals surface area contributed by atoms with Gasteiger partial charge in [0.05, 0.1) is 10.9 Å². The molecule has 1 aromatic rings. The first kappa shape index (κ1) is 13.6. The SMILES string of the molecule is CC(C)(C)c1c(Br)cc(Cl)c(CCl)c1Cl. The van der Waals surface area contributed by atoms with Gasteiger partial charge in [-0.3, -0.25) is 0 Å². The van der Waals surface area contributed by atoms with E-state index in [4.69, 9.17) is 34.8 Å². The topological polar surface area (TPSA) is 0 Å². The molecule has 0 aliphatic heterocycles. The largest absolute Gasteiger partial charge is 0.121 e.